The molecule has 1 rings (SSSR count). The summed E-state index contributed by atoms with van der Waals surface area (Å²) < 4.78 is 0. The normalized spacial score (nSPS) is 18.1. The van der Waals surface area contributed by atoms with Crippen molar-refractivity contribution in [3.05, 3.63) is 0 Å². The summed E-state index contributed by atoms with van der Waals surface area (Å²) >= 11 is 0. The van der Waals surface area contributed by atoms with Crippen LogP contribution in [-0.4, -0.2) is 49.6 Å². The predicted octanol–water partition coefficient (Wildman–Crippen LogP) is 0.196. The van der Waals surface area contributed by atoms with Gasteiger partial charge in [-0.15, -0.1) is 0 Å². The maximum Gasteiger partial charge on any atom is 0.216 e. The van der Waals surface area contributed by atoms with Crippen LogP contribution in [-0.2, 0) is 4.79 Å². The molecule has 15 heavy (non-hydrogen) atoms. The number of amides is 1. The van der Waals surface area contributed by atoms with E-state index in [-0.39, 0.29) is 5.91 Å². The topological polar surface area (TPSA) is 44.4 Å². The Bertz CT molecular complexity index is 190. The highest BCUT2D eigenvalue weighted by Crippen LogP contribution is 2.10. The van der Waals surface area contributed by atoms with E-state index in [4.69, 9.17) is 0 Å². The molecule has 1 fully saturated rings. The van der Waals surface area contributed by atoms with Gasteiger partial charge < -0.3 is 10.6 Å². The molecule has 2 N–H and O–H groups in total. The van der Waals surface area contributed by atoms with Gasteiger partial charge in [-0.25, -0.2) is 0 Å². The van der Waals surface area contributed by atoms with Gasteiger partial charge in [0.25, 0.3) is 0 Å². The molecule has 4 heteroatoms. The Kier molecular flexibility index (Phi) is 5.65. The van der Waals surface area contributed by atoms with Gasteiger partial charge in [-0.3, -0.25) is 9.69 Å². The SMILES string of the molecule is CCN(CCNC(C)=O)C1CCNCC1. The van der Waals surface area contributed by atoms with Crippen molar-refractivity contribution < 1.29 is 4.79 Å². The second-order valence-electron chi connectivity index (χ2n) is 4.09. The fourth-order valence-corrected chi connectivity index (χ4v) is 2.15. The van der Waals surface area contributed by atoms with Crippen LogP contribution in [0.1, 0.15) is 26.7 Å². The summed E-state index contributed by atoms with van der Waals surface area (Å²) in [6.45, 7) is 8.83. The smallest absolute Gasteiger partial charge is 0.216 e. The fraction of sp³-hybridized carbons (Fsp3) is 0.909. The zero-order valence-electron chi connectivity index (χ0n) is 9.88. The van der Waals surface area contributed by atoms with Crippen molar-refractivity contribution in [2.75, 3.05) is 32.7 Å². The second kappa shape index (κ2) is 6.80. The van der Waals surface area contributed by atoms with Gasteiger partial charge in [-0.05, 0) is 32.5 Å². The molecule has 0 radical (unpaired) electrons. The van der Waals surface area contributed by atoms with Crippen LogP contribution in [0.3, 0.4) is 0 Å². The zero-order chi connectivity index (χ0) is 11.1. The third kappa shape index (κ3) is 4.62. The summed E-state index contributed by atoms with van der Waals surface area (Å²) in [5.41, 5.74) is 0. The minimum atomic E-state index is 0.0661. The molecule has 1 aliphatic heterocycles. The summed E-state index contributed by atoms with van der Waals surface area (Å²) in [6.07, 6.45) is 2.46. The molecule has 4 nitrogen and oxygen atoms in total. The first-order chi connectivity index (χ1) is 7.24. The van der Waals surface area contributed by atoms with Crippen molar-refractivity contribution in [3.8, 4) is 0 Å². The summed E-state index contributed by atoms with van der Waals surface area (Å²) in [7, 11) is 0. The van der Waals surface area contributed by atoms with E-state index in [1.54, 1.807) is 6.92 Å². The van der Waals surface area contributed by atoms with Crippen LogP contribution in [0.25, 0.3) is 0 Å². The maximum atomic E-state index is 10.8. The highest BCUT2D eigenvalue weighted by molar-refractivity contribution is 5.72. The lowest BCUT2D eigenvalue weighted by molar-refractivity contribution is -0.119. The molecule has 0 spiro atoms. The van der Waals surface area contributed by atoms with Crippen LogP contribution < -0.4 is 10.6 Å². The number of nitrogens with one attached hydrogen (secondary N) is 2. The fourth-order valence-electron chi connectivity index (χ4n) is 2.15. The highest BCUT2D eigenvalue weighted by Gasteiger charge is 2.18. The molecular formula is C11H23N3O. The predicted molar refractivity (Wildman–Crippen MR) is 61.8 cm³/mol. The molecule has 1 saturated heterocycles. The lowest BCUT2D eigenvalue weighted by Crippen LogP contribution is -2.45. The van der Waals surface area contributed by atoms with E-state index < -0.39 is 0 Å². The van der Waals surface area contributed by atoms with Crippen LogP contribution in [0.4, 0.5) is 0 Å². The van der Waals surface area contributed by atoms with Gasteiger partial charge in [0.05, 0.1) is 0 Å². The maximum absolute atomic E-state index is 10.8. The first-order valence-electron chi connectivity index (χ1n) is 5.93. The van der Waals surface area contributed by atoms with E-state index in [0.29, 0.717) is 6.04 Å². The van der Waals surface area contributed by atoms with E-state index in [1.165, 1.54) is 12.8 Å². The van der Waals surface area contributed by atoms with E-state index >= 15 is 0 Å². The van der Waals surface area contributed by atoms with Crippen molar-refractivity contribution in [3.63, 3.8) is 0 Å². The third-order valence-electron chi connectivity index (χ3n) is 3.00. The summed E-state index contributed by atoms with van der Waals surface area (Å²) in [5, 5.41) is 6.22. The summed E-state index contributed by atoms with van der Waals surface area (Å²) in [5.74, 6) is 0.0661. The molecule has 88 valence electrons. The van der Waals surface area contributed by atoms with Crippen LogP contribution in [0.5, 0.6) is 0 Å². The lowest BCUT2D eigenvalue weighted by Gasteiger charge is -2.33. The van der Waals surface area contributed by atoms with Gasteiger partial charge in [0.2, 0.25) is 5.91 Å². The van der Waals surface area contributed by atoms with E-state index in [0.717, 1.165) is 32.7 Å². The molecule has 0 aromatic heterocycles. The van der Waals surface area contributed by atoms with Gasteiger partial charge in [0, 0.05) is 26.1 Å². The van der Waals surface area contributed by atoms with Gasteiger partial charge >= 0.3 is 0 Å². The summed E-state index contributed by atoms with van der Waals surface area (Å²) in [6, 6.07) is 0.699. The number of hydrogen-bond acceptors (Lipinski definition) is 3. The molecule has 0 bridgehead atoms. The van der Waals surface area contributed by atoms with Crippen LogP contribution in [0, 0.1) is 0 Å². The minimum Gasteiger partial charge on any atom is -0.355 e. The first kappa shape index (κ1) is 12.5. The van der Waals surface area contributed by atoms with Gasteiger partial charge in [0.15, 0.2) is 0 Å². The first-order valence-corrected chi connectivity index (χ1v) is 5.93. The number of piperidine rings is 1. The van der Waals surface area contributed by atoms with E-state index in [9.17, 15) is 4.79 Å². The number of hydrogen-bond donors (Lipinski definition) is 2. The van der Waals surface area contributed by atoms with Crippen molar-refractivity contribution in [2.45, 2.75) is 32.7 Å². The molecule has 0 aromatic rings. The van der Waals surface area contributed by atoms with E-state index in [2.05, 4.69) is 22.5 Å². The Morgan fingerprint density at radius 2 is 2.13 bits per heavy atom. The number of rotatable bonds is 5. The molecule has 0 atom stereocenters. The molecule has 1 amide bonds. The Hall–Kier alpha value is -0.610. The molecule has 0 aliphatic carbocycles. The number of likely N-dealkylation sites (N-methyl/N-ethyl adjacent to an activating group) is 1. The molecule has 1 heterocycles. The van der Waals surface area contributed by atoms with E-state index in [1.807, 2.05) is 0 Å². The quantitative estimate of drug-likeness (QED) is 0.685. The second-order valence-corrected chi connectivity index (χ2v) is 4.09. The van der Waals surface area contributed by atoms with Gasteiger partial charge in [0.1, 0.15) is 0 Å². The lowest BCUT2D eigenvalue weighted by atomic mass is 10.0. The van der Waals surface area contributed by atoms with Gasteiger partial charge in [-0.1, -0.05) is 6.92 Å². The molecule has 0 saturated carbocycles. The average molecular weight is 213 g/mol. The Morgan fingerprint density at radius 3 is 2.67 bits per heavy atom. The molecule has 0 aromatic carbocycles. The third-order valence-corrected chi connectivity index (χ3v) is 3.00. The number of carbonyl (C=O) groups is 1. The largest absolute Gasteiger partial charge is 0.355 e. The Morgan fingerprint density at radius 1 is 1.47 bits per heavy atom. The number of nitrogens with zero attached hydrogens (tertiary/aromatic N) is 1. The average Bonchev–Trinajstić information content (AvgIpc) is 2.25. The molecule has 0 unspecified atom stereocenters. The molecular weight excluding hydrogens is 190 g/mol. The molecule has 1 aliphatic rings. The van der Waals surface area contributed by atoms with Crippen molar-refractivity contribution in [1.82, 2.24) is 15.5 Å². The van der Waals surface area contributed by atoms with Crippen LogP contribution in [0.2, 0.25) is 0 Å². The Balaban J connectivity index is 2.24. The van der Waals surface area contributed by atoms with Crippen molar-refractivity contribution in [1.29, 1.82) is 0 Å². The number of carbonyl (C=O) groups excluding carboxylic acids is 1. The highest BCUT2D eigenvalue weighted by atomic mass is 16.1. The van der Waals surface area contributed by atoms with Gasteiger partial charge in [-0.2, -0.15) is 0 Å². The minimum absolute atomic E-state index is 0.0661. The zero-order valence-corrected chi connectivity index (χ0v) is 9.88. The van der Waals surface area contributed by atoms with Crippen LogP contribution >= 0.6 is 0 Å². The van der Waals surface area contributed by atoms with Crippen molar-refractivity contribution >= 4 is 5.91 Å². The standard InChI is InChI=1S/C11H23N3O/c1-3-14(9-8-13-10(2)15)11-4-6-12-7-5-11/h11-12H,3-9H2,1-2H3,(H,13,15). The van der Waals surface area contributed by atoms with Crippen LogP contribution in [0.15, 0.2) is 0 Å². The monoisotopic (exact) mass is 213 g/mol. The summed E-state index contributed by atoms with van der Waals surface area (Å²) in [4.78, 5) is 13.2. The van der Waals surface area contributed by atoms with Crippen molar-refractivity contribution in [2.24, 2.45) is 0 Å². The Labute approximate surface area is 92.4 Å².